The van der Waals surface area contributed by atoms with E-state index in [-0.39, 0.29) is 16.2 Å². The first-order chi connectivity index (χ1) is 7.70. The summed E-state index contributed by atoms with van der Waals surface area (Å²) in [5, 5.41) is 10.2. The van der Waals surface area contributed by atoms with Gasteiger partial charge >= 0.3 is 0 Å². The molecule has 0 radical (unpaired) electrons. The maximum absolute atomic E-state index is 12.2. The summed E-state index contributed by atoms with van der Waals surface area (Å²) in [5.74, 6) is 0. The molecular formula is C12H13ClO3S. The number of hydrogen-bond donors (Lipinski definition) is 1. The fraction of sp³-hybridized carbons (Fsp3) is 0.333. The maximum Gasteiger partial charge on any atom is 0.203 e. The van der Waals surface area contributed by atoms with Crippen LogP contribution in [0, 0.1) is 0 Å². The third kappa shape index (κ3) is 2.39. The Kier molecular flexibility index (Phi) is 2.84. The van der Waals surface area contributed by atoms with Gasteiger partial charge in [0, 0.05) is 11.4 Å². The highest BCUT2D eigenvalue weighted by molar-refractivity contribution is 7.95. The molecule has 2 rings (SSSR count). The molecule has 0 saturated carbocycles. The topological polar surface area (TPSA) is 54.4 Å². The predicted octanol–water partition coefficient (Wildman–Crippen LogP) is 2.63. The normalized spacial score (nSPS) is 17.8. The van der Waals surface area contributed by atoms with Crippen molar-refractivity contribution in [2.45, 2.75) is 30.8 Å². The molecule has 1 aliphatic rings. The van der Waals surface area contributed by atoms with Crippen LogP contribution in [-0.4, -0.2) is 19.1 Å². The maximum atomic E-state index is 12.2. The average Bonchev–Trinajstić information content (AvgIpc) is 2.35. The van der Waals surface area contributed by atoms with Gasteiger partial charge in [0.15, 0.2) is 0 Å². The second-order valence-electron chi connectivity index (χ2n) is 4.79. The van der Waals surface area contributed by atoms with Crippen molar-refractivity contribution in [1.29, 1.82) is 0 Å². The van der Waals surface area contributed by atoms with Crippen molar-refractivity contribution in [2.75, 3.05) is 0 Å². The second kappa shape index (κ2) is 3.83. The van der Waals surface area contributed by atoms with Crippen LogP contribution in [0.3, 0.4) is 0 Å². The van der Waals surface area contributed by atoms with Crippen LogP contribution in [0.25, 0.3) is 6.08 Å². The molecule has 0 atom stereocenters. The summed E-state index contributed by atoms with van der Waals surface area (Å²) in [6, 6.07) is 4.67. The van der Waals surface area contributed by atoms with Crippen molar-refractivity contribution in [1.82, 2.24) is 0 Å². The van der Waals surface area contributed by atoms with Gasteiger partial charge in [0.1, 0.15) is 0 Å². The summed E-state index contributed by atoms with van der Waals surface area (Å²) < 4.78 is 24.3. The van der Waals surface area contributed by atoms with Gasteiger partial charge in [-0.05, 0) is 43.7 Å². The van der Waals surface area contributed by atoms with Crippen molar-refractivity contribution in [2.24, 2.45) is 0 Å². The number of aliphatic hydroxyl groups is 1. The largest absolute Gasteiger partial charge is 0.390 e. The van der Waals surface area contributed by atoms with Gasteiger partial charge in [-0.1, -0.05) is 11.6 Å². The van der Waals surface area contributed by atoms with Crippen molar-refractivity contribution in [3.8, 4) is 0 Å². The molecule has 17 heavy (non-hydrogen) atoms. The summed E-state index contributed by atoms with van der Waals surface area (Å²) in [7, 11) is -3.45. The lowest BCUT2D eigenvalue weighted by atomic mass is 10.0. The van der Waals surface area contributed by atoms with Crippen LogP contribution >= 0.6 is 11.6 Å². The van der Waals surface area contributed by atoms with E-state index >= 15 is 0 Å². The highest BCUT2D eigenvalue weighted by Gasteiger charge is 2.32. The number of rotatable bonds is 2. The first-order valence-electron chi connectivity index (χ1n) is 5.18. The lowest BCUT2D eigenvalue weighted by Gasteiger charge is -2.17. The fourth-order valence-electron chi connectivity index (χ4n) is 1.84. The van der Waals surface area contributed by atoms with Gasteiger partial charge in [-0.2, -0.15) is 0 Å². The molecule has 0 fully saturated rings. The molecule has 5 heteroatoms. The van der Waals surface area contributed by atoms with Crippen molar-refractivity contribution >= 4 is 27.5 Å². The highest BCUT2D eigenvalue weighted by atomic mass is 35.5. The van der Waals surface area contributed by atoms with E-state index in [1.165, 1.54) is 6.07 Å². The Morgan fingerprint density at radius 2 is 2.00 bits per heavy atom. The number of hydrogen-bond acceptors (Lipinski definition) is 3. The number of sulfone groups is 1. The van der Waals surface area contributed by atoms with Gasteiger partial charge in [0.2, 0.25) is 9.84 Å². The zero-order valence-electron chi connectivity index (χ0n) is 9.57. The minimum atomic E-state index is -3.45. The van der Waals surface area contributed by atoms with Crippen molar-refractivity contribution in [3.05, 3.63) is 33.7 Å². The summed E-state index contributed by atoms with van der Waals surface area (Å²) in [4.78, 5) is 0.503. The summed E-state index contributed by atoms with van der Waals surface area (Å²) >= 11 is 5.82. The Labute approximate surface area is 106 Å². The lowest BCUT2D eigenvalue weighted by Crippen LogP contribution is -2.21. The Hall–Kier alpha value is -0.840. The molecule has 0 aliphatic carbocycles. The predicted molar refractivity (Wildman–Crippen MR) is 67.5 cm³/mol. The summed E-state index contributed by atoms with van der Waals surface area (Å²) in [6.45, 7) is 3.17. The van der Waals surface area contributed by atoms with Gasteiger partial charge in [0.05, 0.1) is 15.4 Å². The Morgan fingerprint density at radius 3 is 2.59 bits per heavy atom. The Morgan fingerprint density at radius 1 is 1.35 bits per heavy atom. The molecule has 0 unspecified atom stereocenters. The van der Waals surface area contributed by atoms with E-state index in [1.807, 2.05) is 0 Å². The zero-order valence-corrected chi connectivity index (χ0v) is 11.1. The third-order valence-electron chi connectivity index (χ3n) is 2.53. The van der Waals surface area contributed by atoms with Crippen LogP contribution < -0.4 is 0 Å². The van der Waals surface area contributed by atoms with Gasteiger partial charge in [-0.25, -0.2) is 8.42 Å². The number of halogens is 1. The summed E-state index contributed by atoms with van der Waals surface area (Å²) in [5.41, 5.74) is -0.457. The Bertz CT molecular complexity index is 595. The monoisotopic (exact) mass is 272 g/mol. The van der Waals surface area contributed by atoms with Crippen LogP contribution in [-0.2, 0) is 9.84 Å². The van der Waals surface area contributed by atoms with Crippen molar-refractivity contribution < 1.29 is 13.5 Å². The number of benzene rings is 1. The van der Waals surface area contributed by atoms with E-state index in [4.69, 9.17) is 11.6 Å². The van der Waals surface area contributed by atoms with E-state index in [2.05, 4.69) is 0 Å². The van der Waals surface area contributed by atoms with E-state index in [0.29, 0.717) is 10.6 Å². The molecule has 1 N–H and O–H groups in total. The summed E-state index contributed by atoms with van der Waals surface area (Å²) in [6.07, 6.45) is 1.68. The quantitative estimate of drug-likeness (QED) is 0.900. The van der Waals surface area contributed by atoms with E-state index in [0.717, 1.165) is 0 Å². The van der Waals surface area contributed by atoms with E-state index in [9.17, 15) is 13.5 Å². The highest BCUT2D eigenvalue weighted by Crippen LogP contribution is 2.37. The molecule has 0 bridgehead atoms. The second-order valence-corrected chi connectivity index (χ2v) is 7.19. The van der Waals surface area contributed by atoms with E-state index in [1.54, 1.807) is 32.1 Å². The lowest BCUT2D eigenvalue weighted by molar-refractivity contribution is 0.0829. The molecule has 1 aromatic rings. The minimum absolute atomic E-state index is 0.0988. The fourth-order valence-corrected chi connectivity index (χ4v) is 3.81. The van der Waals surface area contributed by atoms with Crippen LogP contribution in [0.1, 0.15) is 25.8 Å². The molecule has 0 spiro atoms. The first kappa shape index (κ1) is 12.6. The molecule has 92 valence electrons. The minimum Gasteiger partial charge on any atom is -0.390 e. The molecule has 1 aromatic carbocycles. The van der Waals surface area contributed by atoms with Crippen LogP contribution in [0.15, 0.2) is 28.0 Å². The van der Waals surface area contributed by atoms with Crippen LogP contribution in [0.2, 0.25) is 5.02 Å². The Balaban J connectivity index is 2.51. The smallest absolute Gasteiger partial charge is 0.203 e. The molecule has 1 aliphatic heterocycles. The zero-order chi connectivity index (χ0) is 12.8. The van der Waals surface area contributed by atoms with Crippen LogP contribution in [0.5, 0.6) is 0 Å². The SMILES string of the molecule is CC(C)(O)CC1=Cc2cc(Cl)ccc2S1(=O)=O. The van der Waals surface area contributed by atoms with Crippen molar-refractivity contribution in [3.63, 3.8) is 0 Å². The van der Waals surface area contributed by atoms with Gasteiger partial charge in [0.25, 0.3) is 0 Å². The van der Waals surface area contributed by atoms with Gasteiger partial charge in [-0.3, -0.25) is 0 Å². The molecule has 0 aromatic heterocycles. The van der Waals surface area contributed by atoms with E-state index < -0.39 is 15.4 Å². The molecule has 1 heterocycles. The standard InChI is InChI=1S/C12H13ClO3S/c1-12(2,14)7-10-6-8-5-9(13)3-4-11(8)17(10,15)16/h3-6,14H,7H2,1-2H3. The average molecular weight is 273 g/mol. The molecule has 0 saturated heterocycles. The van der Waals surface area contributed by atoms with Gasteiger partial charge < -0.3 is 5.11 Å². The third-order valence-corrected chi connectivity index (χ3v) is 4.67. The molecule has 0 amide bonds. The number of fused-ring (bicyclic) bond motifs is 1. The molecule has 3 nitrogen and oxygen atoms in total. The van der Waals surface area contributed by atoms with Gasteiger partial charge in [-0.15, -0.1) is 0 Å². The molecular weight excluding hydrogens is 260 g/mol. The first-order valence-corrected chi connectivity index (χ1v) is 7.04. The van der Waals surface area contributed by atoms with Crippen LogP contribution in [0.4, 0.5) is 0 Å².